The van der Waals surface area contributed by atoms with Crippen LogP contribution in [0.2, 0.25) is 0 Å². The van der Waals surface area contributed by atoms with Crippen molar-refractivity contribution in [2.75, 3.05) is 6.61 Å². The summed E-state index contributed by atoms with van der Waals surface area (Å²) in [5.41, 5.74) is 0. The summed E-state index contributed by atoms with van der Waals surface area (Å²) in [6.45, 7) is 4.56. The van der Waals surface area contributed by atoms with Gasteiger partial charge in [-0.1, -0.05) is 25.6 Å². The zero-order valence-corrected chi connectivity index (χ0v) is 10.9. The molecule has 1 heterocycles. The Kier molecular flexibility index (Phi) is 5.83. The SMILES string of the molecule is CCCOc1cccnc1SC(C)CC(=O)O. The third-order valence-electron chi connectivity index (χ3n) is 1.97. The van der Waals surface area contributed by atoms with Crippen molar-refractivity contribution in [3.8, 4) is 5.75 Å². The highest BCUT2D eigenvalue weighted by atomic mass is 32.2. The lowest BCUT2D eigenvalue weighted by Crippen LogP contribution is -2.06. The van der Waals surface area contributed by atoms with Crippen molar-refractivity contribution in [1.82, 2.24) is 4.98 Å². The molecule has 0 aliphatic heterocycles. The van der Waals surface area contributed by atoms with Crippen molar-refractivity contribution in [2.45, 2.75) is 37.0 Å². The average molecular weight is 255 g/mol. The Bertz CT molecular complexity index is 371. The summed E-state index contributed by atoms with van der Waals surface area (Å²) >= 11 is 1.43. The van der Waals surface area contributed by atoms with E-state index in [2.05, 4.69) is 4.98 Å². The third kappa shape index (κ3) is 5.08. The van der Waals surface area contributed by atoms with Gasteiger partial charge in [-0.05, 0) is 18.6 Å². The molecule has 1 rings (SSSR count). The summed E-state index contributed by atoms with van der Waals surface area (Å²) in [5.74, 6) is -0.0615. The molecule has 17 heavy (non-hydrogen) atoms. The second kappa shape index (κ2) is 7.17. The van der Waals surface area contributed by atoms with Crippen molar-refractivity contribution in [1.29, 1.82) is 0 Å². The molecule has 94 valence electrons. The molecule has 1 atom stereocenters. The van der Waals surface area contributed by atoms with E-state index in [9.17, 15) is 4.79 Å². The van der Waals surface area contributed by atoms with E-state index in [0.717, 1.165) is 17.2 Å². The number of hydrogen-bond donors (Lipinski definition) is 1. The maximum absolute atomic E-state index is 10.6. The van der Waals surface area contributed by atoms with Gasteiger partial charge in [0.1, 0.15) is 5.03 Å². The number of thioether (sulfide) groups is 1. The minimum Gasteiger partial charge on any atom is -0.491 e. The normalized spacial score (nSPS) is 12.1. The highest BCUT2D eigenvalue weighted by Crippen LogP contribution is 2.31. The maximum Gasteiger partial charge on any atom is 0.304 e. The lowest BCUT2D eigenvalue weighted by molar-refractivity contribution is -0.136. The van der Waals surface area contributed by atoms with Gasteiger partial charge >= 0.3 is 5.97 Å². The van der Waals surface area contributed by atoms with Crippen LogP contribution in [0.3, 0.4) is 0 Å². The highest BCUT2D eigenvalue weighted by Gasteiger charge is 2.13. The van der Waals surface area contributed by atoms with Crippen LogP contribution >= 0.6 is 11.8 Å². The number of nitrogens with zero attached hydrogens (tertiary/aromatic N) is 1. The van der Waals surface area contributed by atoms with E-state index in [4.69, 9.17) is 9.84 Å². The largest absolute Gasteiger partial charge is 0.491 e. The van der Waals surface area contributed by atoms with Crippen LogP contribution in [0.25, 0.3) is 0 Å². The van der Waals surface area contributed by atoms with Crippen LogP contribution in [-0.2, 0) is 4.79 Å². The minimum absolute atomic E-state index is 0.0219. The molecule has 4 nitrogen and oxygen atoms in total. The van der Waals surface area contributed by atoms with Gasteiger partial charge in [0.15, 0.2) is 5.75 Å². The fraction of sp³-hybridized carbons (Fsp3) is 0.500. The molecular formula is C12H17NO3S. The van der Waals surface area contributed by atoms with E-state index < -0.39 is 5.97 Å². The van der Waals surface area contributed by atoms with E-state index in [1.807, 2.05) is 26.0 Å². The molecule has 0 saturated heterocycles. The molecular weight excluding hydrogens is 238 g/mol. The molecule has 0 aromatic carbocycles. The van der Waals surface area contributed by atoms with Crippen LogP contribution in [0.4, 0.5) is 0 Å². The van der Waals surface area contributed by atoms with Gasteiger partial charge in [-0.2, -0.15) is 0 Å². The molecule has 0 amide bonds. The van der Waals surface area contributed by atoms with Crippen LogP contribution in [0.5, 0.6) is 5.75 Å². The molecule has 0 radical (unpaired) electrons. The van der Waals surface area contributed by atoms with Crippen LogP contribution in [0.15, 0.2) is 23.4 Å². The molecule has 1 unspecified atom stereocenters. The van der Waals surface area contributed by atoms with Crippen molar-refractivity contribution in [3.05, 3.63) is 18.3 Å². The fourth-order valence-corrected chi connectivity index (χ4v) is 2.24. The van der Waals surface area contributed by atoms with E-state index in [0.29, 0.717) is 6.61 Å². The number of rotatable bonds is 7. The van der Waals surface area contributed by atoms with E-state index >= 15 is 0 Å². The number of ether oxygens (including phenoxy) is 1. The van der Waals surface area contributed by atoms with Gasteiger partial charge in [-0.15, -0.1) is 0 Å². The quantitative estimate of drug-likeness (QED) is 0.759. The van der Waals surface area contributed by atoms with Crippen LogP contribution in [0, 0.1) is 0 Å². The lowest BCUT2D eigenvalue weighted by atomic mass is 10.3. The Morgan fingerprint density at radius 3 is 3.06 bits per heavy atom. The molecule has 1 aromatic heterocycles. The average Bonchev–Trinajstić information content (AvgIpc) is 2.26. The van der Waals surface area contributed by atoms with Gasteiger partial charge in [0.25, 0.3) is 0 Å². The van der Waals surface area contributed by atoms with Crippen molar-refractivity contribution in [2.24, 2.45) is 0 Å². The van der Waals surface area contributed by atoms with Gasteiger partial charge in [-0.25, -0.2) is 4.98 Å². The number of carbonyl (C=O) groups is 1. The highest BCUT2D eigenvalue weighted by molar-refractivity contribution is 8.00. The lowest BCUT2D eigenvalue weighted by Gasteiger charge is -2.12. The van der Waals surface area contributed by atoms with Crippen LogP contribution < -0.4 is 4.74 Å². The smallest absolute Gasteiger partial charge is 0.304 e. The Labute approximate surface area is 105 Å². The van der Waals surface area contributed by atoms with Crippen molar-refractivity contribution in [3.63, 3.8) is 0 Å². The van der Waals surface area contributed by atoms with Gasteiger partial charge < -0.3 is 9.84 Å². The fourth-order valence-electron chi connectivity index (χ4n) is 1.26. The van der Waals surface area contributed by atoms with E-state index in [1.165, 1.54) is 11.8 Å². The van der Waals surface area contributed by atoms with Gasteiger partial charge in [0.05, 0.1) is 13.0 Å². The molecule has 0 aliphatic rings. The first-order chi connectivity index (χ1) is 8.13. The monoisotopic (exact) mass is 255 g/mol. The summed E-state index contributed by atoms with van der Waals surface area (Å²) in [5, 5.41) is 9.44. The topological polar surface area (TPSA) is 59.4 Å². The second-order valence-electron chi connectivity index (χ2n) is 3.68. The van der Waals surface area contributed by atoms with Crippen LogP contribution in [-0.4, -0.2) is 27.9 Å². The Morgan fingerprint density at radius 2 is 2.41 bits per heavy atom. The predicted molar refractivity (Wildman–Crippen MR) is 67.6 cm³/mol. The Balaban J connectivity index is 2.65. The molecule has 0 fully saturated rings. The Hall–Kier alpha value is -1.23. The summed E-state index contributed by atoms with van der Waals surface area (Å²) in [4.78, 5) is 14.8. The van der Waals surface area contributed by atoms with E-state index in [1.54, 1.807) is 6.20 Å². The summed E-state index contributed by atoms with van der Waals surface area (Å²) in [6.07, 6.45) is 2.74. The first-order valence-corrected chi connectivity index (χ1v) is 6.47. The first kappa shape index (κ1) is 13.8. The number of pyridine rings is 1. The number of hydrogen-bond acceptors (Lipinski definition) is 4. The summed E-state index contributed by atoms with van der Waals surface area (Å²) < 4.78 is 5.56. The maximum atomic E-state index is 10.6. The van der Waals surface area contributed by atoms with Crippen molar-refractivity contribution < 1.29 is 14.6 Å². The minimum atomic E-state index is -0.794. The molecule has 0 saturated carbocycles. The zero-order chi connectivity index (χ0) is 12.7. The molecule has 0 spiro atoms. The molecule has 0 bridgehead atoms. The standard InChI is InChI=1S/C12H17NO3S/c1-3-7-16-10-5-4-6-13-12(10)17-9(2)8-11(14)15/h4-6,9H,3,7-8H2,1-2H3,(H,14,15). The molecule has 1 N–H and O–H groups in total. The molecule has 1 aromatic rings. The Morgan fingerprint density at radius 1 is 1.65 bits per heavy atom. The van der Waals surface area contributed by atoms with Gasteiger partial charge in [0.2, 0.25) is 0 Å². The predicted octanol–water partition coefficient (Wildman–Crippen LogP) is 2.83. The summed E-state index contributed by atoms with van der Waals surface area (Å²) in [7, 11) is 0. The zero-order valence-electron chi connectivity index (χ0n) is 10.0. The van der Waals surface area contributed by atoms with Crippen LogP contribution in [0.1, 0.15) is 26.7 Å². The number of carboxylic acids is 1. The number of aliphatic carboxylic acids is 1. The van der Waals surface area contributed by atoms with Gasteiger partial charge in [-0.3, -0.25) is 4.79 Å². The van der Waals surface area contributed by atoms with Crippen molar-refractivity contribution >= 4 is 17.7 Å². The first-order valence-electron chi connectivity index (χ1n) is 5.59. The summed E-state index contributed by atoms with van der Waals surface area (Å²) in [6, 6.07) is 3.68. The molecule has 0 aliphatic carbocycles. The van der Waals surface area contributed by atoms with E-state index in [-0.39, 0.29) is 11.7 Å². The second-order valence-corrected chi connectivity index (χ2v) is 5.11. The third-order valence-corrected chi connectivity index (χ3v) is 3.07. The number of carboxylic acid groups (broad SMARTS) is 1. The number of aromatic nitrogens is 1. The van der Waals surface area contributed by atoms with Gasteiger partial charge in [0, 0.05) is 11.4 Å². The molecule has 5 heteroatoms.